The molecule has 1 atom stereocenters. The number of hydrogen-bond donors (Lipinski definition) is 0. The highest BCUT2D eigenvalue weighted by molar-refractivity contribution is 6.11. The summed E-state index contributed by atoms with van der Waals surface area (Å²) in [5.41, 5.74) is 24.8. The third kappa shape index (κ3) is 8.47. The van der Waals surface area contributed by atoms with Crippen LogP contribution in [0.4, 0.5) is 17.1 Å². The van der Waals surface area contributed by atoms with E-state index in [2.05, 4.69) is 304 Å². The number of para-hydroxylation sites is 1. The summed E-state index contributed by atoms with van der Waals surface area (Å²) < 4.78 is 2.40. The average Bonchev–Trinajstić information content (AvgIpc) is 4.19. The minimum atomic E-state index is -0.448. The summed E-state index contributed by atoms with van der Waals surface area (Å²) in [6.45, 7) is 14.8. The van der Waals surface area contributed by atoms with E-state index in [0.29, 0.717) is 0 Å². The Morgan fingerprint density at radius 2 is 0.859 bits per heavy atom. The molecule has 1 aliphatic rings. The first-order valence-electron chi connectivity index (χ1n) is 27.2. The summed E-state index contributed by atoms with van der Waals surface area (Å²) in [7, 11) is 0. The van der Waals surface area contributed by atoms with Gasteiger partial charge in [-0.25, -0.2) is 0 Å². The maximum Gasteiger partial charge on any atom is 0.0541 e. The van der Waals surface area contributed by atoms with Crippen LogP contribution in [-0.2, 0) is 17.3 Å². The molecule has 0 N–H and O–H groups in total. The SMILES string of the molecule is C=Cc1ccc(CC2(c3ccccc3)c3ccccc3-c3ccc(N(c4ccc(-c5ccc(C(C)(C)C)cc5)cc4)c4ccc(-c5ccc6c(c5)c5cc(-c7ccc(C=C)cc7)ccc5n6-c5ccccc5)cc4)cc32)cc1. The van der Waals surface area contributed by atoms with Crippen LogP contribution in [0.25, 0.3) is 84.2 Å². The zero-order valence-electron chi connectivity index (χ0n) is 44.5. The summed E-state index contributed by atoms with van der Waals surface area (Å²) in [5, 5.41) is 2.43. The van der Waals surface area contributed by atoms with Crippen LogP contribution in [0.15, 0.2) is 274 Å². The minimum absolute atomic E-state index is 0.0861. The van der Waals surface area contributed by atoms with Gasteiger partial charge in [0, 0.05) is 33.5 Å². The van der Waals surface area contributed by atoms with Crippen molar-refractivity contribution in [3.63, 3.8) is 0 Å². The second-order valence-corrected chi connectivity index (χ2v) is 21.9. The molecule has 1 aromatic heterocycles. The second kappa shape index (κ2) is 19.6. The number of nitrogens with zero attached hydrogens (tertiary/aromatic N) is 2. The molecule has 13 rings (SSSR count). The summed E-state index contributed by atoms with van der Waals surface area (Å²) in [6.07, 6.45) is 4.62. The Morgan fingerprint density at radius 3 is 1.41 bits per heavy atom. The van der Waals surface area contributed by atoms with Gasteiger partial charge in [-0.1, -0.05) is 234 Å². The van der Waals surface area contributed by atoms with Gasteiger partial charge in [0.05, 0.1) is 16.4 Å². The van der Waals surface area contributed by atoms with Crippen molar-refractivity contribution in [3.05, 3.63) is 313 Å². The molecule has 0 bridgehead atoms. The average molecular weight is 1000 g/mol. The van der Waals surface area contributed by atoms with Crippen LogP contribution in [-0.4, -0.2) is 4.57 Å². The molecule has 0 amide bonds. The van der Waals surface area contributed by atoms with Crippen molar-refractivity contribution in [1.82, 2.24) is 4.57 Å². The van der Waals surface area contributed by atoms with Gasteiger partial charge < -0.3 is 9.47 Å². The van der Waals surface area contributed by atoms with E-state index in [0.717, 1.165) is 45.9 Å². The molecule has 0 saturated carbocycles. The first-order valence-corrected chi connectivity index (χ1v) is 27.2. The normalized spacial score (nSPS) is 13.8. The number of aromatic nitrogens is 1. The number of benzene rings is 11. The van der Waals surface area contributed by atoms with Crippen LogP contribution in [0, 0.1) is 0 Å². The van der Waals surface area contributed by atoms with E-state index < -0.39 is 5.41 Å². The van der Waals surface area contributed by atoms with Gasteiger partial charge in [0.1, 0.15) is 0 Å². The number of rotatable bonds is 12. The Bertz CT molecular complexity index is 4180. The van der Waals surface area contributed by atoms with E-state index in [-0.39, 0.29) is 5.41 Å². The Hall–Kier alpha value is -9.50. The minimum Gasteiger partial charge on any atom is -0.310 e. The molecule has 1 unspecified atom stereocenters. The molecule has 1 heterocycles. The zero-order chi connectivity index (χ0) is 53.0. The van der Waals surface area contributed by atoms with Gasteiger partial charge in [-0.3, -0.25) is 0 Å². The zero-order valence-corrected chi connectivity index (χ0v) is 44.5. The number of anilines is 3. The van der Waals surface area contributed by atoms with E-state index in [9.17, 15) is 0 Å². The lowest BCUT2D eigenvalue weighted by molar-refractivity contribution is 0.590. The Balaban J connectivity index is 0.947. The summed E-state index contributed by atoms with van der Waals surface area (Å²) in [4.78, 5) is 2.44. The third-order valence-electron chi connectivity index (χ3n) is 16.3. The predicted octanol–water partition coefficient (Wildman–Crippen LogP) is 20.4. The van der Waals surface area contributed by atoms with Crippen molar-refractivity contribution < 1.29 is 0 Å². The van der Waals surface area contributed by atoms with Gasteiger partial charge in [0.15, 0.2) is 0 Å². The molecule has 12 aromatic rings. The Labute approximate surface area is 459 Å². The molecular weight excluding hydrogens is 941 g/mol. The lowest BCUT2D eigenvalue weighted by atomic mass is 9.68. The molecule has 0 saturated heterocycles. The fourth-order valence-electron chi connectivity index (χ4n) is 12.2. The molecule has 1 aliphatic carbocycles. The first kappa shape index (κ1) is 48.2. The first-order chi connectivity index (χ1) is 38.2. The second-order valence-electron chi connectivity index (χ2n) is 21.9. The maximum atomic E-state index is 4.05. The van der Waals surface area contributed by atoms with Crippen LogP contribution in [0.3, 0.4) is 0 Å². The van der Waals surface area contributed by atoms with Crippen LogP contribution >= 0.6 is 0 Å². The van der Waals surface area contributed by atoms with Crippen molar-refractivity contribution >= 4 is 51.0 Å². The van der Waals surface area contributed by atoms with Gasteiger partial charge >= 0.3 is 0 Å². The largest absolute Gasteiger partial charge is 0.310 e. The highest BCUT2D eigenvalue weighted by Gasteiger charge is 2.45. The van der Waals surface area contributed by atoms with Crippen LogP contribution in [0.5, 0.6) is 0 Å². The van der Waals surface area contributed by atoms with Crippen molar-refractivity contribution in [2.75, 3.05) is 4.90 Å². The molecular formula is C76H60N2. The van der Waals surface area contributed by atoms with Crippen molar-refractivity contribution in [1.29, 1.82) is 0 Å². The molecule has 0 spiro atoms. The summed E-state index contributed by atoms with van der Waals surface area (Å²) in [5.74, 6) is 0. The highest BCUT2D eigenvalue weighted by atomic mass is 15.1. The van der Waals surface area contributed by atoms with E-state index in [4.69, 9.17) is 0 Å². The molecule has 0 radical (unpaired) electrons. The fourth-order valence-corrected chi connectivity index (χ4v) is 12.2. The Kier molecular flexibility index (Phi) is 12.1. The van der Waals surface area contributed by atoms with E-state index in [1.807, 2.05) is 12.2 Å². The van der Waals surface area contributed by atoms with E-state index >= 15 is 0 Å². The van der Waals surface area contributed by atoms with Crippen LogP contribution < -0.4 is 4.90 Å². The number of hydrogen-bond acceptors (Lipinski definition) is 1. The quantitative estimate of drug-likeness (QED) is 0.118. The van der Waals surface area contributed by atoms with Crippen molar-refractivity contribution in [2.45, 2.75) is 38.0 Å². The molecule has 374 valence electrons. The van der Waals surface area contributed by atoms with Crippen LogP contribution in [0.1, 0.15) is 59.7 Å². The molecule has 78 heavy (non-hydrogen) atoms. The monoisotopic (exact) mass is 1000 g/mol. The lowest BCUT2D eigenvalue weighted by Gasteiger charge is -2.34. The highest BCUT2D eigenvalue weighted by Crippen LogP contribution is 2.56. The Morgan fingerprint density at radius 1 is 0.410 bits per heavy atom. The fraction of sp³-hybridized carbons (Fsp3) is 0.0789. The third-order valence-corrected chi connectivity index (χ3v) is 16.3. The summed E-state index contributed by atoms with van der Waals surface area (Å²) in [6, 6.07) is 96.8. The molecule has 2 heteroatoms. The van der Waals surface area contributed by atoms with E-state index in [1.165, 1.54) is 88.6 Å². The van der Waals surface area contributed by atoms with Crippen molar-refractivity contribution in [3.8, 4) is 50.2 Å². The standard InChI is InChI=1S/C76H60N2/c1-6-52-22-24-54(25-23-52)51-76(62-16-10-8-11-17-62)71-21-15-14-20-67(71)68-45-44-66(50-72(68)76)77(64-40-32-56(33-41-64)55-30-38-61(39-31-55)75(3,4)5)65-42-34-58(35-43-65)60-37-47-74-70(49-60)69-48-59(57-28-26-53(7-2)27-29-57)36-46-73(69)78(74)63-18-12-9-13-19-63/h6-50H,1-2,51H2,3-5H3. The van der Waals surface area contributed by atoms with Crippen molar-refractivity contribution in [2.24, 2.45) is 0 Å². The van der Waals surface area contributed by atoms with Gasteiger partial charge in [-0.2, -0.15) is 0 Å². The van der Waals surface area contributed by atoms with Gasteiger partial charge in [-0.15, -0.1) is 0 Å². The molecule has 11 aromatic carbocycles. The number of fused-ring (bicyclic) bond motifs is 6. The van der Waals surface area contributed by atoms with Gasteiger partial charge in [0.2, 0.25) is 0 Å². The summed E-state index contributed by atoms with van der Waals surface area (Å²) >= 11 is 0. The van der Waals surface area contributed by atoms with Gasteiger partial charge in [-0.05, 0) is 168 Å². The molecule has 0 aliphatic heterocycles. The topological polar surface area (TPSA) is 8.17 Å². The maximum absolute atomic E-state index is 4.05. The molecule has 0 fully saturated rings. The predicted molar refractivity (Wildman–Crippen MR) is 333 cm³/mol. The smallest absolute Gasteiger partial charge is 0.0541 e. The van der Waals surface area contributed by atoms with E-state index in [1.54, 1.807) is 0 Å². The van der Waals surface area contributed by atoms with Crippen LogP contribution in [0.2, 0.25) is 0 Å². The lowest BCUT2D eigenvalue weighted by Crippen LogP contribution is -2.30. The van der Waals surface area contributed by atoms with Gasteiger partial charge in [0.25, 0.3) is 0 Å². The molecule has 2 nitrogen and oxygen atoms in total.